The lowest BCUT2D eigenvalue weighted by atomic mass is 9.88. The van der Waals surface area contributed by atoms with Crippen molar-refractivity contribution in [3.63, 3.8) is 0 Å². The number of nitrogens with one attached hydrogen (secondary N) is 1. The Hall–Kier alpha value is -2.55. The number of benzene rings is 2. The number of carbonyl (C=O) groups is 1. The monoisotopic (exact) mass is 496 g/mol. The summed E-state index contributed by atoms with van der Waals surface area (Å²) in [6, 6.07) is 14.6. The van der Waals surface area contributed by atoms with E-state index in [1.54, 1.807) is 46.9 Å². The fourth-order valence-corrected chi connectivity index (χ4v) is 7.88. The molecule has 0 radical (unpaired) electrons. The molecule has 1 aliphatic rings. The molecule has 0 aliphatic heterocycles. The van der Waals surface area contributed by atoms with Gasteiger partial charge < -0.3 is 5.32 Å². The molecule has 0 spiro atoms. The number of nitrogens with zero attached hydrogens (tertiary/aromatic N) is 1. The Kier molecular flexibility index (Phi) is 5.84. The molecule has 1 aliphatic carbocycles. The normalized spacial score (nSPS) is 16.0. The molecule has 1 amide bonds. The van der Waals surface area contributed by atoms with Crippen molar-refractivity contribution in [1.29, 1.82) is 0 Å². The molecule has 1 unspecified atom stereocenters. The summed E-state index contributed by atoms with van der Waals surface area (Å²) in [5.74, 6) is -0.525. The Morgan fingerprint density at radius 1 is 1.12 bits per heavy atom. The van der Waals surface area contributed by atoms with Gasteiger partial charge in [0.15, 0.2) is 9.84 Å². The molecule has 4 aromatic rings. The second kappa shape index (κ2) is 8.66. The van der Waals surface area contributed by atoms with Gasteiger partial charge in [-0.3, -0.25) is 4.79 Å². The minimum absolute atomic E-state index is 0.161. The largest absolute Gasteiger partial charge is 0.316 e. The van der Waals surface area contributed by atoms with Crippen LogP contribution in [-0.4, -0.2) is 25.1 Å². The van der Waals surface area contributed by atoms with Crippen LogP contribution in [0.3, 0.4) is 0 Å². The van der Waals surface area contributed by atoms with Crippen LogP contribution in [0.25, 0.3) is 20.8 Å². The van der Waals surface area contributed by atoms with Crippen molar-refractivity contribution < 1.29 is 13.2 Å². The Bertz CT molecular complexity index is 1420. The number of sulfone groups is 1. The lowest BCUT2D eigenvalue weighted by Gasteiger charge is -2.18. The van der Waals surface area contributed by atoms with E-state index in [0.717, 1.165) is 45.6 Å². The van der Waals surface area contributed by atoms with E-state index in [2.05, 4.69) is 12.2 Å². The van der Waals surface area contributed by atoms with Crippen LogP contribution in [0.1, 0.15) is 29.3 Å². The smallest absolute Gasteiger partial charge is 0.240 e. The van der Waals surface area contributed by atoms with Gasteiger partial charge in [0.2, 0.25) is 5.91 Å². The van der Waals surface area contributed by atoms with Crippen molar-refractivity contribution in [3.05, 3.63) is 64.5 Å². The van der Waals surface area contributed by atoms with Gasteiger partial charge in [0.05, 0.1) is 15.1 Å². The summed E-state index contributed by atoms with van der Waals surface area (Å²) < 4.78 is 26.7. The highest BCUT2D eigenvalue weighted by molar-refractivity contribution is 7.92. The summed E-state index contributed by atoms with van der Waals surface area (Å²) >= 11 is 3.17. The number of para-hydroxylation sites is 1. The quantitative estimate of drug-likeness (QED) is 0.375. The summed E-state index contributed by atoms with van der Waals surface area (Å²) in [5, 5.41) is 4.51. The zero-order valence-corrected chi connectivity index (χ0v) is 20.9. The van der Waals surface area contributed by atoms with Crippen LogP contribution in [0.5, 0.6) is 0 Å². The molecule has 5 rings (SSSR count). The van der Waals surface area contributed by atoms with E-state index in [9.17, 15) is 13.2 Å². The predicted molar refractivity (Wildman–Crippen MR) is 136 cm³/mol. The molecular weight excluding hydrogens is 472 g/mol. The van der Waals surface area contributed by atoms with Gasteiger partial charge in [-0.1, -0.05) is 36.8 Å². The highest BCUT2D eigenvalue weighted by Crippen LogP contribution is 2.47. The Morgan fingerprint density at radius 2 is 1.88 bits per heavy atom. The lowest BCUT2D eigenvalue weighted by Crippen LogP contribution is -2.22. The first kappa shape index (κ1) is 22.3. The van der Waals surface area contributed by atoms with Crippen LogP contribution >= 0.6 is 22.7 Å². The van der Waals surface area contributed by atoms with Crippen LogP contribution in [0.15, 0.2) is 53.4 Å². The van der Waals surface area contributed by atoms with Crippen LogP contribution in [0, 0.1) is 12.8 Å². The maximum Gasteiger partial charge on any atom is 0.240 e. The van der Waals surface area contributed by atoms with Gasteiger partial charge in [0.25, 0.3) is 0 Å². The predicted octanol–water partition coefficient (Wildman–Crippen LogP) is 5.87. The van der Waals surface area contributed by atoms with E-state index in [4.69, 9.17) is 4.98 Å². The van der Waals surface area contributed by atoms with Gasteiger partial charge in [-0.15, -0.1) is 22.7 Å². The minimum atomic E-state index is -3.73. The maximum absolute atomic E-state index is 12.9. The average Bonchev–Trinajstić information content (AvgIpc) is 3.33. The fourth-order valence-electron chi connectivity index (χ4n) is 4.21. The van der Waals surface area contributed by atoms with E-state index in [-0.39, 0.29) is 4.90 Å². The fraction of sp³-hybridized carbons (Fsp3) is 0.280. The molecule has 170 valence electrons. The number of hydrogen-bond donors (Lipinski definition) is 1. The first-order valence-electron chi connectivity index (χ1n) is 10.9. The average molecular weight is 497 g/mol. The van der Waals surface area contributed by atoms with Crippen molar-refractivity contribution in [2.45, 2.75) is 38.0 Å². The molecule has 0 bridgehead atoms. The number of fused-ring (bicyclic) bond motifs is 2. The van der Waals surface area contributed by atoms with Gasteiger partial charge >= 0.3 is 0 Å². The summed E-state index contributed by atoms with van der Waals surface area (Å²) in [4.78, 5) is 19.2. The van der Waals surface area contributed by atoms with Gasteiger partial charge in [0.1, 0.15) is 15.8 Å². The lowest BCUT2D eigenvalue weighted by molar-refractivity contribution is -0.113. The second-order valence-corrected chi connectivity index (χ2v) is 12.8. The molecule has 2 heterocycles. The summed E-state index contributed by atoms with van der Waals surface area (Å²) in [6.07, 6.45) is 3.00. The van der Waals surface area contributed by atoms with Gasteiger partial charge in [-0.25, -0.2) is 13.4 Å². The van der Waals surface area contributed by atoms with Crippen LogP contribution < -0.4 is 5.32 Å². The number of rotatable bonds is 5. The second-order valence-electron chi connectivity index (χ2n) is 8.66. The number of hydrogen-bond acceptors (Lipinski definition) is 6. The molecule has 1 atom stereocenters. The molecule has 8 heteroatoms. The van der Waals surface area contributed by atoms with Crippen molar-refractivity contribution in [3.8, 4) is 10.6 Å². The zero-order valence-electron chi connectivity index (χ0n) is 18.4. The molecular formula is C25H24N2O3S3. The minimum Gasteiger partial charge on any atom is -0.316 e. The Morgan fingerprint density at radius 3 is 2.64 bits per heavy atom. The number of anilines is 1. The SMILES string of the molecule is Cc1ccc(S(=O)(=O)CC(=O)Nc2sc3c(c2-c2nc4ccccc4s2)CCC(C)C3)cc1. The van der Waals surface area contributed by atoms with E-state index < -0.39 is 21.5 Å². The Labute approximate surface area is 201 Å². The standard InChI is InChI=1S/C25H24N2O3S3/c1-15-7-10-17(11-8-15)33(29,30)14-22(28)27-25-23(18-12-9-16(2)13-21(18)32-25)24-26-19-5-3-4-6-20(19)31-24/h3-8,10-11,16H,9,12-14H2,1-2H3,(H,27,28). The number of aromatic nitrogens is 1. The number of thiophene rings is 1. The number of thiazole rings is 1. The van der Waals surface area contributed by atoms with Crippen LogP contribution in [-0.2, 0) is 27.5 Å². The van der Waals surface area contributed by atoms with Crippen LogP contribution in [0.2, 0.25) is 0 Å². The molecule has 33 heavy (non-hydrogen) atoms. The number of aryl methyl sites for hydroxylation is 1. The Balaban J connectivity index is 1.48. The molecule has 0 fully saturated rings. The highest BCUT2D eigenvalue weighted by atomic mass is 32.2. The molecule has 2 aromatic carbocycles. The van der Waals surface area contributed by atoms with Gasteiger partial charge in [-0.2, -0.15) is 0 Å². The molecule has 0 saturated carbocycles. The van der Waals surface area contributed by atoms with Crippen molar-refractivity contribution in [1.82, 2.24) is 4.98 Å². The van der Waals surface area contributed by atoms with Gasteiger partial charge in [0, 0.05) is 10.4 Å². The summed E-state index contributed by atoms with van der Waals surface area (Å²) in [6.45, 7) is 4.14. The third-order valence-corrected chi connectivity index (χ3v) is 9.83. The van der Waals surface area contributed by atoms with E-state index in [1.807, 2.05) is 31.2 Å². The summed E-state index contributed by atoms with van der Waals surface area (Å²) in [7, 11) is -3.73. The summed E-state index contributed by atoms with van der Waals surface area (Å²) in [5.41, 5.74) is 4.11. The van der Waals surface area contributed by atoms with E-state index in [0.29, 0.717) is 10.9 Å². The van der Waals surface area contributed by atoms with Crippen molar-refractivity contribution in [2.24, 2.45) is 5.92 Å². The van der Waals surface area contributed by atoms with Crippen molar-refractivity contribution in [2.75, 3.05) is 11.1 Å². The molecule has 2 aromatic heterocycles. The molecule has 1 N–H and O–H groups in total. The topological polar surface area (TPSA) is 76.1 Å². The van der Waals surface area contributed by atoms with Gasteiger partial charge in [-0.05, 0) is 61.9 Å². The van der Waals surface area contributed by atoms with E-state index in [1.165, 1.54) is 10.4 Å². The first-order valence-corrected chi connectivity index (χ1v) is 14.2. The van der Waals surface area contributed by atoms with Crippen molar-refractivity contribution >= 4 is 53.6 Å². The molecule has 0 saturated heterocycles. The third-order valence-electron chi connectivity index (χ3n) is 5.97. The highest BCUT2D eigenvalue weighted by Gasteiger charge is 2.28. The maximum atomic E-state index is 12.9. The third kappa shape index (κ3) is 4.47. The zero-order chi connectivity index (χ0) is 23.2. The van der Waals surface area contributed by atoms with E-state index >= 15 is 0 Å². The molecule has 5 nitrogen and oxygen atoms in total. The van der Waals surface area contributed by atoms with Crippen LogP contribution in [0.4, 0.5) is 5.00 Å². The number of amides is 1. The number of carbonyl (C=O) groups excluding carboxylic acids is 1. The first-order chi connectivity index (χ1) is 15.8.